The molecule has 0 aromatic heterocycles. The monoisotopic (exact) mass is 213 g/mol. The lowest BCUT2D eigenvalue weighted by Gasteiger charge is -2.06. The summed E-state index contributed by atoms with van der Waals surface area (Å²) in [6.07, 6.45) is 0. The second-order valence-electron chi connectivity index (χ2n) is 3.14. The van der Waals surface area contributed by atoms with E-state index in [9.17, 15) is 4.39 Å². The summed E-state index contributed by atoms with van der Waals surface area (Å²) in [6, 6.07) is 13.1. The summed E-state index contributed by atoms with van der Waals surface area (Å²) in [5, 5.41) is 0. The van der Waals surface area contributed by atoms with Crippen LogP contribution >= 0.6 is 0 Å². The molecule has 0 aliphatic rings. The van der Waals surface area contributed by atoms with E-state index in [2.05, 4.69) is 4.85 Å². The number of para-hydroxylation sites is 1. The Bertz CT molecular complexity index is 531. The van der Waals surface area contributed by atoms with Crippen molar-refractivity contribution in [3.63, 3.8) is 0 Å². The molecule has 0 aliphatic carbocycles. The van der Waals surface area contributed by atoms with Crippen LogP contribution in [-0.4, -0.2) is 0 Å². The summed E-state index contributed by atoms with van der Waals surface area (Å²) in [6.45, 7) is 6.75. The number of rotatable bonds is 2. The predicted octanol–water partition coefficient (Wildman–Crippen LogP) is 4.17. The zero-order chi connectivity index (χ0) is 11.4. The molecule has 0 atom stereocenters. The van der Waals surface area contributed by atoms with Crippen LogP contribution in [0.3, 0.4) is 0 Å². The normalized spacial score (nSPS) is 9.50. The molecule has 0 fully saturated rings. The maximum atomic E-state index is 13.5. The van der Waals surface area contributed by atoms with Gasteiger partial charge in [-0.3, -0.25) is 0 Å². The van der Waals surface area contributed by atoms with E-state index in [-0.39, 0.29) is 11.4 Å². The van der Waals surface area contributed by atoms with Gasteiger partial charge >= 0.3 is 0 Å². The van der Waals surface area contributed by atoms with E-state index in [0.29, 0.717) is 5.75 Å². The number of ether oxygens (including phenoxy) is 1. The van der Waals surface area contributed by atoms with Gasteiger partial charge in [-0.25, -0.2) is 9.24 Å². The Labute approximate surface area is 92.7 Å². The fourth-order valence-corrected chi connectivity index (χ4v) is 1.26. The Morgan fingerprint density at radius 3 is 2.44 bits per heavy atom. The van der Waals surface area contributed by atoms with Gasteiger partial charge in [0.25, 0.3) is 0 Å². The van der Waals surface area contributed by atoms with Crippen molar-refractivity contribution in [2.45, 2.75) is 0 Å². The van der Waals surface area contributed by atoms with Crippen molar-refractivity contribution in [2.75, 3.05) is 0 Å². The van der Waals surface area contributed by atoms with Crippen molar-refractivity contribution in [3.8, 4) is 11.5 Å². The SMILES string of the molecule is [C-]#[N+]c1ccc(Oc2ccccc2)c(F)c1. The molecule has 0 amide bonds. The molecule has 0 radical (unpaired) electrons. The Balaban J connectivity index is 2.27. The lowest BCUT2D eigenvalue weighted by molar-refractivity contribution is 0.442. The minimum absolute atomic E-state index is 0.124. The quantitative estimate of drug-likeness (QED) is 0.682. The van der Waals surface area contributed by atoms with Crippen LogP contribution in [0, 0.1) is 12.4 Å². The van der Waals surface area contributed by atoms with Crippen molar-refractivity contribution < 1.29 is 9.13 Å². The number of halogens is 1. The van der Waals surface area contributed by atoms with Crippen molar-refractivity contribution >= 4 is 5.69 Å². The Morgan fingerprint density at radius 2 is 1.81 bits per heavy atom. The third-order valence-electron chi connectivity index (χ3n) is 2.02. The van der Waals surface area contributed by atoms with Crippen LogP contribution in [0.15, 0.2) is 48.5 Å². The summed E-state index contributed by atoms with van der Waals surface area (Å²) in [5.74, 6) is 0.160. The summed E-state index contributed by atoms with van der Waals surface area (Å²) in [4.78, 5) is 3.13. The van der Waals surface area contributed by atoms with Crippen LogP contribution in [0.5, 0.6) is 11.5 Å². The maximum Gasteiger partial charge on any atom is 0.190 e. The third-order valence-corrected chi connectivity index (χ3v) is 2.02. The summed E-state index contributed by atoms with van der Waals surface area (Å²) >= 11 is 0. The minimum atomic E-state index is -0.530. The highest BCUT2D eigenvalue weighted by atomic mass is 19.1. The van der Waals surface area contributed by atoms with E-state index in [0.717, 1.165) is 6.07 Å². The molecule has 0 bridgehead atoms. The highest BCUT2D eigenvalue weighted by molar-refractivity contribution is 5.48. The van der Waals surface area contributed by atoms with Gasteiger partial charge in [0.05, 0.1) is 6.57 Å². The van der Waals surface area contributed by atoms with E-state index in [1.807, 2.05) is 6.07 Å². The average Bonchev–Trinajstić information content (AvgIpc) is 2.33. The molecule has 2 aromatic rings. The lowest BCUT2D eigenvalue weighted by atomic mass is 10.3. The van der Waals surface area contributed by atoms with Gasteiger partial charge in [0.15, 0.2) is 17.3 Å². The number of hydrogen-bond acceptors (Lipinski definition) is 1. The first-order chi connectivity index (χ1) is 7.79. The van der Waals surface area contributed by atoms with E-state index in [1.54, 1.807) is 24.3 Å². The van der Waals surface area contributed by atoms with Crippen molar-refractivity contribution in [1.82, 2.24) is 0 Å². The summed E-state index contributed by atoms with van der Waals surface area (Å²) in [5.41, 5.74) is 0.262. The molecule has 78 valence electrons. The van der Waals surface area contributed by atoms with E-state index >= 15 is 0 Å². The highest BCUT2D eigenvalue weighted by Gasteiger charge is 2.05. The molecule has 0 unspecified atom stereocenters. The molecule has 0 heterocycles. The van der Waals surface area contributed by atoms with Crippen LogP contribution in [0.1, 0.15) is 0 Å². The van der Waals surface area contributed by atoms with Gasteiger partial charge < -0.3 is 4.74 Å². The first-order valence-electron chi connectivity index (χ1n) is 4.69. The second-order valence-corrected chi connectivity index (χ2v) is 3.14. The smallest absolute Gasteiger partial charge is 0.190 e. The standard InChI is InChI=1S/C13H8FNO/c1-15-10-7-8-13(12(14)9-10)16-11-5-3-2-4-6-11/h2-9H. The zero-order valence-corrected chi connectivity index (χ0v) is 8.35. The Hall–Kier alpha value is -2.34. The fraction of sp³-hybridized carbons (Fsp3) is 0. The molecule has 0 spiro atoms. The summed E-state index contributed by atoms with van der Waals surface area (Å²) < 4.78 is 18.8. The van der Waals surface area contributed by atoms with Crippen molar-refractivity contribution in [1.29, 1.82) is 0 Å². The van der Waals surface area contributed by atoms with Gasteiger partial charge in [-0.15, -0.1) is 0 Å². The molecule has 0 N–H and O–H groups in total. The third kappa shape index (κ3) is 2.18. The van der Waals surface area contributed by atoms with Gasteiger partial charge in [0.1, 0.15) is 5.75 Å². The van der Waals surface area contributed by atoms with Crippen LogP contribution in [0.2, 0.25) is 0 Å². The van der Waals surface area contributed by atoms with Crippen molar-refractivity contribution in [2.24, 2.45) is 0 Å². The largest absolute Gasteiger partial charge is 0.454 e. The Kier molecular flexibility index (Phi) is 2.84. The Morgan fingerprint density at radius 1 is 1.06 bits per heavy atom. The van der Waals surface area contributed by atoms with Gasteiger partial charge in [-0.1, -0.05) is 24.3 Å². The molecule has 16 heavy (non-hydrogen) atoms. The minimum Gasteiger partial charge on any atom is -0.454 e. The van der Waals surface area contributed by atoms with E-state index in [1.165, 1.54) is 12.1 Å². The predicted molar refractivity (Wildman–Crippen MR) is 59.2 cm³/mol. The van der Waals surface area contributed by atoms with Gasteiger partial charge in [0.2, 0.25) is 0 Å². The molecule has 3 heteroatoms. The van der Waals surface area contributed by atoms with Gasteiger partial charge in [-0.2, -0.15) is 0 Å². The number of hydrogen-bond donors (Lipinski definition) is 0. The van der Waals surface area contributed by atoms with Crippen LogP contribution < -0.4 is 4.74 Å². The summed E-state index contributed by atoms with van der Waals surface area (Å²) in [7, 11) is 0. The van der Waals surface area contributed by atoms with Gasteiger partial charge in [-0.05, 0) is 24.3 Å². The molecule has 0 saturated carbocycles. The molecule has 0 saturated heterocycles. The first kappa shape index (κ1) is 10.2. The lowest BCUT2D eigenvalue weighted by Crippen LogP contribution is -1.87. The van der Waals surface area contributed by atoms with Crippen molar-refractivity contribution in [3.05, 3.63) is 65.8 Å². The average molecular weight is 213 g/mol. The molecule has 2 nitrogen and oxygen atoms in total. The molecule has 2 rings (SSSR count). The second kappa shape index (κ2) is 4.45. The zero-order valence-electron chi connectivity index (χ0n) is 8.35. The number of nitrogens with zero attached hydrogens (tertiary/aromatic N) is 1. The first-order valence-corrected chi connectivity index (χ1v) is 4.69. The number of benzene rings is 2. The highest BCUT2D eigenvalue weighted by Crippen LogP contribution is 2.27. The maximum absolute atomic E-state index is 13.5. The molecular weight excluding hydrogens is 205 g/mol. The van der Waals surface area contributed by atoms with E-state index in [4.69, 9.17) is 11.3 Å². The molecular formula is C13H8FNO. The topological polar surface area (TPSA) is 13.6 Å². The molecule has 2 aromatic carbocycles. The van der Waals surface area contributed by atoms with Crippen LogP contribution in [-0.2, 0) is 0 Å². The molecule has 0 aliphatic heterocycles. The fourth-order valence-electron chi connectivity index (χ4n) is 1.26. The van der Waals surface area contributed by atoms with E-state index < -0.39 is 5.82 Å². The van der Waals surface area contributed by atoms with Crippen LogP contribution in [0.4, 0.5) is 10.1 Å². The van der Waals surface area contributed by atoms with Gasteiger partial charge in [0, 0.05) is 0 Å². The van der Waals surface area contributed by atoms with Crippen LogP contribution in [0.25, 0.3) is 4.85 Å².